The van der Waals surface area contributed by atoms with Gasteiger partial charge in [0.05, 0.1) is 11.8 Å². The maximum atomic E-state index is 12.8. The van der Waals surface area contributed by atoms with Crippen LogP contribution < -0.4 is 15.0 Å². The molecule has 10 heteroatoms. The molecule has 0 unspecified atom stereocenters. The third-order valence-corrected chi connectivity index (χ3v) is 6.31. The molecule has 1 aliphatic rings. The molecule has 0 atom stereocenters. The number of carbonyl (C=O) groups is 3. The highest BCUT2D eigenvalue weighted by molar-refractivity contribution is 6.31. The number of ether oxygens (including phenoxy) is 2. The topological polar surface area (TPSA) is 101 Å². The Morgan fingerprint density at radius 2 is 1.77 bits per heavy atom. The highest BCUT2D eigenvalue weighted by atomic mass is 35.5. The molecule has 206 valence electrons. The second kappa shape index (κ2) is 11.8. The first-order valence-electron chi connectivity index (χ1n) is 12.6. The molecule has 0 spiro atoms. The Bertz CT molecular complexity index is 1340. The van der Waals surface area contributed by atoms with Crippen molar-refractivity contribution in [3.05, 3.63) is 76.7 Å². The number of anilines is 2. The monoisotopic (exact) mass is 553 g/mol. The van der Waals surface area contributed by atoms with Gasteiger partial charge in [-0.15, -0.1) is 0 Å². The van der Waals surface area contributed by atoms with Gasteiger partial charge in [0.25, 0.3) is 5.91 Å². The van der Waals surface area contributed by atoms with Crippen LogP contribution in [-0.2, 0) is 9.53 Å². The average Bonchev–Trinajstić information content (AvgIpc) is 3.43. The highest BCUT2D eigenvalue weighted by Gasteiger charge is 2.26. The first-order chi connectivity index (χ1) is 18.5. The van der Waals surface area contributed by atoms with E-state index in [4.69, 9.17) is 25.5 Å². The van der Waals surface area contributed by atoms with Crippen LogP contribution >= 0.6 is 11.6 Å². The number of nitrogens with zero attached hydrogens (tertiary/aromatic N) is 2. The van der Waals surface area contributed by atoms with Gasteiger partial charge in [-0.05, 0) is 81.8 Å². The van der Waals surface area contributed by atoms with Crippen LogP contribution in [0.4, 0.5) is 16.2 Å². The zero-order valence-corrected chi connectivity index (χ0v) is 23.2. The number of furan rings is 1. The van der Waals surface area contributed by atoms with Gasteiger partial charge in [-0.3, -0.25) is 9.59 Å². The molecule has 1 aromatic heterocycles. The van der Waals surface area contributed by atoms with Crippen molar-refractivity contribution >= 4 is 40.8 Å². The summed E-state index contributed by atoms with van der Waals surface area (Å²) in [5.41, 5.74) is 2.23. The van der Waals surface area contributed by atoms with Crippen LogP contribution in [0.25, 0.3) is 0 Å². The molecule has 39 heavy (non-hydrogen) atoms. The summed E-state index contributed by atoms with van der Waals surface area (Å²) in [6.07, 6.45) is 1.11. The van der Waals surface area contributed by atoms with Gasteiger partial charge in [-0.1, -0.05) is 11.6 Å². The predicted octanol–water partition coefficient (Wildman–Crippen LogP) is 5.55. The maximum Gasteiger partial charge on any atom is 0.410 e. The van der Waals surface area contributed by atoms with E-state index in [1.807, 2.05) is 45.9 Å². The number of carbonyl (C=O) groups excluding carboxylic acids is 3. The van der Waals surface area contributed by atoms with Gasteiger partial charge in [0.15, 0.2) is 12.4 Å². The van der Waals surface area contributed by atoms with E-state index in [2.05, 4.69) is 10.2 Å². The Kier molecular flexibility index (Phi) is 8.50. The lowest BCUT2D eigenvalue weighted by molar-refractivity contribution is -0.118. The Hall–Kier alpha value is -3.98. The average molecular weight is 554 g/mol. The van der Waals surface area contributed by atoms with Crippen LogP contribution in [-0.4, -0.2) is 61.1 Å². The van der Waals surface area contributed by atoms with Crippen LogP contribution in [0.15, 0.2) is 59.2 Å². The fourth-order valence-electron chi connectivity index (χ4n) is 4.13. The van der Waals surface area contributed by atoms with Crippen molar-refractivity contribution in [1.29, 1.82) is 0 Å². The normalized spacial score (nSPS) is 13.7. The van der Waals surface area contributed by atoms with Crippen LogP contribution in [0.2, 0.25) is 5.02 Å². The molecule has 1 aliphatic heterocycles. The second-order valence-corrected chi connectivity index (χ2v) is 10.7. The Morgan fingerprint density at radius 3 is 2.41 bits per heavy atom. The quantitative estimate of drug-likeness (QED) is 0.383. The minimum atomic E-state index is -0.523. The van der Waals surface area contributed by atoms with Gasteiger partial charge < -0.3 is 29.0 Å². The van der Waals surface area contributed by atoms with E-state index in [1.165, 1.54) is 12.3 Å². The molecule has 0 aliphatic carbocycles. The van der Waals surface area contributed by atoms with Crippen molar-refractivity contribution in [2.45, 2.75) is 33.3 Å². The highest BCUT2D eigenvalue weighted by Crippen LogP contribution is 2.27. The lowest BCUT2D eigenvalue weighted by Crippen LogP contribution is -2.50. The molecule has 2 aromatic carbocycles. The summed E-state index contributed by atoms with van der Waals surface area (Å²) in [5, 5.41) is 3.23. The number of amides is 2. The lowest BCUT2D eigenvalue weighted by atomic mass is 10.1. The van der Waals surface area contributed by atoms with Gasteiger partial charge in [0.1, 0.15) is 11.4 Å². The molecule has 4 rings (SSSR count). The van der Waals surface area contributed by atoms with Crippen LogP contribution in [0.1, 0.15) is 42.5 Å². The van der Waals surface area contributed by atoms with E-state index in [-0.39, 0.29) is 35.7 Å². The van der Waals surface area contributed by atoms with Gasteiger partial charge in [-0.2, -0.15) is 0 Å². The summed E-state index contributed by atoms with van der Waals surface area (Å²) in [5.74, 6) is -0.387. The maximum absolute atomic E-state index is 12.8. The Labute approximate surface area is 232 Å². The van der Waals surface area contributed by atoms with Crippen LogP contribution in [0.3, 0.4) is 0 Å². The summed E-state index contributed by atoms with van der Waals surface area (Å²) in [4.78, 5) is 41.7. The number of hydrogen-bond donors (Lipinski definition) is 1. The predicted molar refractivity (Wildman–Crippen MR) is 149 cm³/mol. The minimum absolute atomic E-state index is 0.147. The van der Waals surface area contributed by atoms with Crippen molar-refractivity contribution in [1.82, 2.24) is 4.90 Å². The molecule has 1 N–H and O–H groups in total. The fourth-order valence-corrected chi connectivity index (χ4v) is 4.31. The smallest absolute Gasteiger partial charge is 0.410 e. The second-order valence-electron chi connectivity index (χ2n) is 10.2. The van der Waals surface area contributed by atoms with E-state index in [0.717, 1.165) is 11.3 Å². The number of halogens is 1. The third-order valence-electron chi connectivity index (χ3n) is 6.07. The van der Waals surface area contributed by atoms with Gasteiger partial charge >= 0.3 is 6.09 Å². The van der Waals surface area contributed by atoms with E-state index in [9.17, 15) is 14.4 Å². The molecule has 2 amide bonds. The molecule has 0 radical (unpaired) electrons. The molecule has 0 bridgehead atoms. The molecular formula is C29H32ClN3O6. The summed E-state index contributed by atoms with van der Waals surface area (Å²) >= 11 is 6.08. The molecule has 9 nitrogen and oxygen atoms in total. The molecular weight excluding hydrogens is 522 g/mol. The SMILES string of the molecule is Cc1cc(N2CCN(C(=O)OC(C)(C)C)CC2)ccc1NC(=O)COc1ccc(Cl)cc1C(=O)c1ccco1. The number of rotatable bonds is 7. The fraction of sp³-hybridized carbons (Fsp3) is 0.345. The van der Waals surface area contributed by atoms with Crippen molar-refractivity contribution in [3.63, 3.8) is 0 Å². The van der Waals surface area contributed by atoms with Crippen molar-refractivity contribution in [2.24, 2.45) is 0 Å². The number of piperazine rings is 1. The van der Waals surface area contributed by atoms with Crippen molar-refractivity contribution in [3.8, 4) is 5.75 Å². The van der Waals surface area contributed by atoms with E-state index < -0.39 is 11.4 Å². The van der Waals surface area contributed by atoms with Crippen LogP contribution in [0, 0.1) is 6.92 Å². The first-order valence-corrected chi connectivity index (χ1v) is 13.0. The Morgan fingerprint density at radius 1 is 1.03 bits per heavy atom. The van der Waals surface area contributed by atoms with E-state index in [0.29, 0.717) is 36.9 Å². The molecule has 1 saturated heterocycles. The van der Waals surface area contributed by atoms with Crippen LogP contribution in [0.5, 0.6) is 5.75 Å². The number of ketones is 1. The van der Waals surface area contributed by atoms with Gasteiger partial charge in [0, 0.05) is 42.6 Å². The zero-order chi connectivity index (χ0) is 28.2. The lowest BCUT2D eigenvalue weighted by Gasteiger charge is -2.37. The standard InChI is InChI=1S/C29H32ClN3O6/c1-19-16-21(32-11-13-33(14-12-32)28(36)39-29(2,3)4)8-9-23(19)31-26(34)18-38-24-10-7-20(30)17-22(24)27(35)25-6-5-15-37-25/h5-10,15-17H,11-14,18H2,1-4H3,(H,31,34). The first kappa shape index (κ1) is 28.0. The molecule has 0 saturated carbocycles. The molecule has 2 heterocycles. The number of aryl methyl sites for hydroxylation is 1. The third kappa shape index (κ3) is 7.32. The summed E-state index contributed by atoms with van der Waals surface area (Å²) in [7, 11) is 0. The molecule has 1 fully saturated rings. The van der Waals surface area contributed by atoms with Crippen molar-refractivity contribution < 1.29 is 28.3 Å². The summed E-state index contributed by atoms with van der Waals surface area (Å²) in [6, 6.07) is 13.6. The van der Waals surface area contributed by atoms with E-state index in [1.54, 1.807) is 29.2 Å². The minimum Gasteiger partial charge on any atom is -0.483 e. The number of hydrogen-bond acceptors (Lipinski definition) is 7. The largest absolute Gasteiger partial charge is 0.483 e. The van der Waals surface area contributed by atoms with E-state index >= 15 is 0 Å². The zero-order valence-electron chi connectivity index (χ0n) is 22.5. The molecule has 3 aromatic rings. The number of nitrogens with one attached hydrogen (secondary N) is 1. The Balaban J connectivity index is 1.33. The van der Waals surface area contributed by atoms with Gasteiger partial charge in [-0.25, -0.2) is 4.79 Å². The van der Waals surface area contributed by atoms with Crippen molar-refractivity contribution in [2.75, 3.05) is 43.0 Å². The van der Waals surface area contributed by atoms with Gasteiger partial charge in [0.2, 0.25) is 5.78 Å². The number of benzene rings is 2. The summed E-state index contributed by atoms with van der Waals surface area (Å²) in [6.45, 7) is 9.68. The summed E-state index contributed by atoms with van der Waals surface area (Å²) < 4.78 is 16.3.